The summed E-state index contributed by atoms with van der Waals surface area (Å²) in [6.45, 7) is 0.586. The van der Waals surface area contributed by atoms with Crippen LogP contribution in [-0.4, -0.2) is 37.5 Å². The molecule has 2 aliphatic rings. The second-order valence-electron chi connectivity index (χ2n) is 5.91. The van der Waals surface area contributed by atoms with Crippen LogP contribution in [-0.2, 0) is 21.1 Å². The normalized spacial score (nSPS) is 23.8. The number of aromatic hydroxyl groups is 1. The Bertz CT molecular complexity index is 668. The van der Waals surface area contributed by atoms with Gasteiger partial charge in [-0.15, -0.1) is 0 Å². The first kappa shape index (κ1) is 14.4. The molecule has 0 bridgehead atoms. The van der Waals surface area contributed by atoms with Gasteiger partial charge in [-0.3, -0.25) is 4.79 Å². The summed E-state index contributed by atoms with van der Waals surface area (Å²) in [7, 11) is -2.96. The molecule has 1 fully saturated rings. The Kier molecular flexibility index (Phi) is 3.65. The van der Waals surface area contributed by atoms with Crippen LogP contribution in [0.4, 0.5) is 5.69 Å². The van der Waals surface area contributed by atoms with Gasteiger partial charge in [0.15, 0.2) is 9.84 Å². The monoisotopic (exact) mass is 309 g/mol. The minimum absolute atomic E-state index is 0.0837. The summed E-state index contributed by atoms with van der Waals surface area (Å²) in [5.41, 5.74) is 1.59. The van der Waals surface area contributed by atoms with E-state index in [0.717, 1.165) is 18.4 Å². The molecule has 1 aromatic carbocycles. The van der Waals surface area contributed by atoms with Crippen LogP contribution in [0.2, 0.25) is 0 Å². The van der Waals surface area contributed by atoms with Crippen LogP contribution in [0.25, 0.3) is 0 Å². The number of phenolic OH excluding ortho intramolecular Hbond substituents is 1. The van der Waals surface area contributed by atoms with Gasteiger partial charge in [0.05, 0.1) is 17.2 Å². The zero-order chi connectivity index (χ0) is 15.0. The Hall–Kier alpha value is -1.56. The lowest BCUT2D eigenvalue weighted by atomic mass is 9.98. The van der Waals surface area contributed by atoms with Crippen molar-refractivity contribution < 1.29 is 18.3 Å². The van der Waals surface area contributed by atoms with E-state index >= 15 is 0 Å². The molecule has 1 atom stereocenters. The Morgan fingerprint density at radius 1 is 1.38 bits per heavy atom. The van der Waals surface area contributed by atoms with Crippen LogP contribution in [0.5, 0.6) is 5.75 Å². The number of fused-ring (bicyclic) bond motifs is 1. The van der Waals surface area contributed by atoms with E-state index in [1.54, 1.807) is 17.0 Å². The lowest BCUT2D eigenvalue weighted by Gasteiger charge is -2.30. The van der Waals surface area contributed by atoms with Gasteiger partial charge in [0.25, 0.3) is 0 Å². The summed E-state index contributed by atoms with van der Waals surface area (Å²) in [5, 5.41) is 10.0. The molecule has 0 aromatic heterocycles. The van der Waals surface area contributed by atoms with Gasteiger partial charge >= 0.3 is 0 Å². The summed E-state index contributed by atoms with van der Waals surface area (Å²) >= 11 is 0. The van der Waals surface area contributed by atoms with Gasteiger partial charge in [0.1, 0.15) is 5.75 Å². The molecule has 1 aromatic rings. The highest BCUT2D eigenvalue weighted by Gasteiger charge is 2.32. The van der Waals surface area contributed by atoms with Gasteiger partial charge in [-0.25, -0.2) is 8.42 Å². The van der Waals surface area contributed by atoms with Crippen molar-refractivity contribution in [2.45, 2.75) is 25.7 Å². The molecule has 114 valence electrons. The quantitative estimate of drug-likeness (QED) is 0.898. The number of amides is 1. The first-order chi connectivity index (χ1) is 9.96. The van der Waals surface area contributed by atoms with Crippen molar-refractivity contribution >= 4 is 21.4 Å². The number of aryl methyl sites for hydroxylation is 1. The highest BCUT2D eigenvalue weighted by atomic mass is 32.2. The van der Waals surface area contributed by atoms with Crippen molar-refractivity contribution in [1.29, 1.82) is 0 Å². The number of nitrogens with zero attached hydrogens (tertiary/aromatic N) is 1. The van der Waals surface area contributed by atoms with Crippen LogP contribution in [0.3, 0.4) is 0 Å². The zero-order valence-corrected chi connectivity index (χ0v) is 12.6. The molecule has 6 heteroatoms. The van der Waals surface area contributed by atoms with E-state index < -0.39 is 9.84 Å². The molecule has 1 saturated heterocycles. The number of hydrogen-bond acceptors (Lipinski definition) is 4. The molecule has 0 radical (unpaired) electrons. The van der Waals surface area contributed by atoms with Crippen LogP contribution in [0, 0.1) is 5.92 Å². The first-order valence-electron chi connectivity index (χ1n) is 7.28. The SMILES string of the molecule is O=C(CC1CCS(=O)(=O)C1)N1CCCc2cccc(O)c21. The van der Waals surface area contributed by atoms with Gasteiger partial charge in [-0.2, -0.15) is 0 Å². The van der Waals surface area contributed by atoms with E-state index in [9.17, 15) is 18.3 Å². The van der Waals surface area contributed by atoms with Crippen molar-refractivity contribution in [2.24, 2.45) is 5.92 Å². The molecular formula is C15H19NO4S. The summed E-state index contributed by atoms with van der Waals surface area (Å²) in [6, 6.07) is 5.30. The Balaban J connectivity index is 1.78. The minimum Gasteiger partial charge on any atom is -0.506 e. The van der Waals surface area contributed by atoms with Crippen LogP contribution in [0.1, 0.15) is 24.8 Å². The van der Waals surface area contributed by atoms with Crippen molar-refractivity contribution in [3.05, 3.63) is 23.8 Å². The zero-order valence-electron chi connectivity index (χ0n) is 11.8. The third-order valence-corrected chi connectivity index (χ3v) is 6.12. The van der Waals surface area contributed by atoms with Gasteiger partial charge in [-0.05, 0) is 36.8 Å². The van der Waals surface area contributed by atoms with Gasteiger partial charge in [0, 0.05) is 13.0 Å². The number of anilines is 1. The van der Waals surface area contributed by atoms with Crippen LogP contribution >= 0.6 is 0 Å². The van der Waals surface area contributed by atoms with E-state index in [-0.39, 0.29) is 35.5 Å². The minimum atomic E-state index is -2.96. The molecule has 2 aliphatic heterocycles. The van der Waals surface area contributed by atoms with Gasteiger partial charge in [0.2, 0.25) is 5.91 Å². The van der Waals surface area contributed by atoms with E-state index in [4.69, 9.17) is 0 Å². The van der Waals surface area contributed by atoms with Crippen LogP contribution in [0.15, 0.2) is 18.2 Å². The molecule has 2 heterocycles. The molecule has 5 nitrogen and oxygen atoms in total. The molecule has 0 spiro atoms. The fraction of sp³-hybridized carbons (Fsp3) is 0.533. The molecule has 21 heavy (non-hydrogen) atoms. The van der Waals surface area contributed by atoms with Crippen molar-refractivity contribution in [3.63, 3.8) is 0 Å². The van der Waals surface area contributed by atoms with Crippen LogP contribution < -0.4 is 4.90 Å². The standard InChI is InChI=1S/C15H19NO4S/c17-13-5-1-3-12-4-2-7-16(15(12)13)14(18)9-11-6-8-21(19,20)10-11/h1,3,5,11,17H,2,4,6-10H2. The highest BCUT2D eigenvalue weighted by molar-refractivity contribution is 7.91. The number of rotatable bonds is 2. The molecule has 0 aliphatic carbocycles. The van der Waals surface area contributed by atoms with Gasteiger partial charge < -0.3 is 10.0 Å². The predicted molar refractivity (Wildman–Crippen MR) is 80.2 cm³/mol. The molecule has 1 unspecified atom stereocenters. The lowest BCUT2D eigenvalue weighted by Crippen LogP contribution is -2.36. The number of benzene rings is 1. The smallest absolute Gasteiger partial charge is 0.227 e. The number of carbonyl (C=O) groups excluding carboxylic acids is 1. The summed E-state index contributed by atoms with van der Waals surface area (Å²) in [5.74, 6) is 0.255. The fourth-order valence-corrected chi connectivity index (χ4v) is 5.13. The first-order valence-corrected chi connectivity index (χ1v) is 9.10. The largest absolute Gasteiger partial charge is 0.506 e. The molecule has 1 N–H and O–H groups in total. The molecular weight excluding hydrogens is 290 g/mol. The number of hydrogen-bond donors (Lipinski definition) is 1. The Morgan fingerprint density at radius 3 is 2.90 bits per heavy atom. The maximum Gasteiger partial charge on any atom is 0.227 e. The second-order valence-corrected chi connectivity index (χ2v) is 8.14. The third-order valence-electron chi connectivity index (χ3n) is 4.29. The number of phenols is 1. The van der Waals surface area contributed by atoms with Crippen molar-refractivity contribution in [1.82, 2.24) is 0 Å². The third kappa shape index (κ3) is 2.90. The summed E-state index contributed by atoms with van der Waals surface area (Å²) in [6.07, 6.45) is 2.53. The summed E-state index contributed by atoms with van der Waals surface area (Å²) < 4.78 is 23.0. The van der Waals surface area contributed by atoms with E-state index in [2.05, 4.69) is 0 Å². The van der Waals surface area contributed by atoms with E-state index in [0.29, 0.717) is 18.7 Å². The fourth-order valence-electron chi connectivity index (χ4n) is 3.27. The Labute approximate surface area is 124 Å². The van der Waals surface area contributed by atoms with E-state index in [1.807, 2.05) is 6.07 Å². The highest BCUT2D eigenvalue weighted by Crippen LogP contribution is 2.36. The van der Waals surface area contributed by atoms with Gasteiger partial charge in [-0.1, -0.05) is 12.1 Å². The number of para-hydroxylation sites is 1. The average molecular weight is 309 g/mol. The maximum atomic E-state index is 12.5. The predicted octanol–water partition coefficient (Wildman–Crippen LogP) is 1.50. The van der Waals surface area contributed by atoms with Crippen molar-refractivity contribution in [3.8, 4) is 5.75 Å². The topological polar surface area (TPSA) is 74.7 Å². The summed E-state index contributed by atoms with van der Waals surface area (Å²) in [4.78, 5) is 14.1. The second kappa shape index (κ2) is 5.33. The Morgan fingerprint density at radius 2 is 2.19 bits per heavy atom. The van der Waals surface area contributed by atoms with Crippen molar-refractivity contribution in [2.75, 3.05) is 23.0 Å². The lowest BCUT2D eigenvalue weighted by molar-refractivity contribution is -0.119. The maximum absolute atomic E-state index is 12.5. The average Bonchev–Trinajstić information content (AvgIpc) is 2.77. The van der Waals surface area contributed by atoms with E-state index in [1.165, 1.54) is 0 Å². The molecule has 1 amide bonds. The number of sulfone groups is 1. The number of carbonyl (C=O) groups is 1. The molecule has 3 rings (SSSR count). The molecule has 0 saturated carbocycles.